The van der Waals surface area contributed by atoms with Gasteiger partial charge in [-0.2, -0.15) is 0 Å². The maximum atomic E-state index is 12.7. The van der Waals surface area contributed by atoms with Gasteiger partial charge in [-0.3, -0.25) is 4.79 Å². The van der Waals surface area contributed by atoms with Crippen molar-refractivity contribution in [1.82, 2.24) is 15.5 Å². The number of esters is 1. The van der Waals surface area contributed by atoms with Gasteiger partial charge in [-0.25, -0.2) is 9.78 Å². The topological polar surface area (TPSA) is 94.3 Å². The van der Waals surface area contributed by atoms with E-state index in [2.05, 4.69) is 29.3 Å². The maximum Gasteiger partial charge on any atom is 0.339 e. The molecule has 0 saturated heterocycles. The number of aryl methyl sites for hydroxylation is 1. The van der Waals surface area contributed by atoms with Crippen LogP contribution in [-0.4, -0.2) is 35.2 Å². The second kappa shape index (κ2) is 8.65. The maximum absolute atomic E-state index is 12.7. The Morgan fingerprint density at radius 2 is 1.96 bits per heavy atom. The summed E-state index contributed by atoms with van der Waals surface area (Å²) in [5.41, 5.74) is 2.47. The quantitative estimate of drug-likeness (QED) is 0.629. The summed E-state index contributed by atoms with van der Waals surface area (Å²) < 4.78 is 10.5. The Labute approximate surface area is 163 Å². The first-order valence-corrected chi connectivity index (χ1v) is 9.22. The molecule has 1 N–H and O–H groups in total. The van der Waals surface area contributed by atoms with Crippen LogP contribution in [0.25, 0.3) is 22.4 Å². The molecule has 2 aromatic heterocycles. The van der Waals surface area contributed by atoms with Crippen LogP contribution in [0.1, 0.15) is 36.3 Å². The van der Waals surface area contributed by atoms with Gasteiger partial charge in [0.15, 0.2) is 6.61 Å². The van der Waals surface area contributed by atoms with Crippen LogP contribution in [0.4, 0.5) is 0 Å². The highest BCUT2D eigenvalue weighted by Gasteiger charge is 2.21. The van der Waals surface area contributed by atoms with Crippen LogP contribution < -0.4 is 5.32 Å². The molecule has 28 heavy (non-hydrogen) atoms. The molecule has 2 heterocycles. The van der Waals surface area contributed by atoms with Crippen molar-refractivity contribution in [3.63, 3.8) is 0 Å². The lowest BCUT2D eigenvalue weighted by Gasteiger charge is -2.09. The highest BCUT2D eigenvalue weighted by atomic mass is 16.5. The molecule has 0 fully saturated rings. The van der Waals surface area contributed by atoms with Gasteiger partial charge in [0.25, 0.3) is 11.6 Å². The number of hydrogen-bond acceptors (Lipinski definition) is 6. The van der Waals surface area contributed by atoms with Crippen LogP contribution in [0.15, 0.2) is 40.9 Å². The minimum absolute atomic E-state index is 0.257. The molecule has 1 amide bonds. The van der Waals surface area contributed by atoms with Gasteiger partial charge in [-0.1, -0.05) is 49.3 Å². The number of benzene rings is 1. The summed E-state index contributed by atoms with van der Waals surface area (Å²) in [7, 11) is 0. The molecule has 0 saturated carbocycles. The van der Waals surface area contributed by atoms with E-state index >= 15 is 0 Å². The molecule has 0 aliphatic rings. The predicted molar refractivity (Wildman–Crippen MR) is 105 cm³/mol. The Balaban J connectivity index is 1.80. The lowest BCUT2D eigenvalue weighted by atomic mass is 10.1. The van der Waals surface area contributed by atoms with Crippen molar-refractivity contribution in [2.24, 2.45) is 5.92 Å². The number of carbonyl (C=O) groups is 2. The van der Waals surface area contributed by atoms with E-state index in [1.807, 2.05) is 30.3 Å². The molecule has 0 atom stereocenters. The summed E-state index contributed by atoms with van der Waals surface area (Å²) in [5, 5.41) is 7.13. The number of carbonyl (C=O) groups excluding carboxylic acids is 2. The smallest absolute Gasteiger partial charge is 0.339 e. The van der Waals surface area contributed by atoms with Gasteiger partial charge in [0.05, 0.1) is 22.3 Å². The SMILES string of the molecule is Cc1noc2nc(-c3ccccc3)cc(C(=O)OCC(=O)NCCC(C)C)c12. The Kier molecular flexibility index (Phi) is 6.03. The van der Waals surface area contributed by atoms with Crippen LogP contribution in [-0.2, 0) is 9.53 Å². The van der Waals surface area contributed by atoms with Crippen LogP contribution in [0.2, 0.25) is 0 Å². The summed E-state index contributed by atoms with van der Waals surface area (Å²) in [5.74, 6) is -0.458. The highest BCUT2D eigenvalue weighted by molar-refractivity contribution is 6.04. The average Bonchev–Trinajstić information content (AvgIpc) is 3.07. The minimum Gasteiger partial charge on any atom is -0.452 e. The minimum atomic E-state index is -0.616. The standard InChI is InChI=1S/C21H23N3O4/c1-13(2)9-10-22-18(25)12-27-21(26)16-11-17(15-7-5-4-6-8-15)23-20-19(16)14(3)24-28-20/h4-8,11,13H,9-10,12H2,1-3H3,(H,22,25). The molecule has 7 heteroatoms. The van der Waals surface area contributed by atoms with Crippen molar-refractivity contribution in [3.8, 4) is 11.3 Å². The van der Waals surface area contributed by atoms with Crippen molar-refractivity contribution in [3.05, 3.63) is 47.7 Å². The third kappa shape index (κ3) is 4.54. The van der Waals surface area contributed by atoms with Crippen molar-refractivity contribution < 1.29 is 18.8 Å². The number of pyridine rings is 1. The van der Waals surface area contributed by atoms with E-state index in [0.717, 1.165) is 12.0 Å². The lowest BCUT2D eigenvalue weighted by molar-refractivity contribution is -0.124. The lowest BCUT2D eigenvalue weighted by Crippen LogP contribution is -2.30. The Hall–Kier alpha value is -3.22. The fraction of sp³-hybridized carbons (Fsp3) is 0.333. The van der Waals surface area contributed by atoms with Crippen LogP contribution in [0, 0.1) is 12.8 Å². The fourth-order valence-electron chi connectivity index (χ4n) is 2.77. The number of rotatable bonds is 7. The number of fused-ring (bicyclic) bond motifs is 1. The first-order chi connectivity index (χ1) is 13.5. The van der Waals surface area contributed by atoms with E-state index in [9.17, 15) is 9.59 Å². The normalized spacial score (nSPS) is 11.0. The van der Waals surface area contributed by atoms with Gasteiger partial charge in [-0.15, -0.1) is 0 Å². The molecule has 3 aromatic rings. The molecule has 0 radical (unpaired) electrons. The summed E-state index contributed by atoms with van der Waals surface area (Å²) in [6.07, 6.45) is 0.866. The Morgan fingerprint density at radius 1 is 1.21 bits per heavy atom. The number of ether oxygens (including phenoxy) is 1. The molecule has 7 nitrogen and oxygen atoms in total. The molecule has 0 spiro atoms. The molecule has 0 unspecified atom stereocenters. The van der Waals surface area contributed by atoms with E-state index in [1.165, 1.54) is 0 Å². The largest absolute Gasteiger partial charge is 0.452 e. The number of hydrogen-bond donors (Lipinski definition) is 1. The number of aromatic nitrogens is 2. The van der Waals surface area contributed by atoms with Crippen LogP contribution in [0.5, 0.6) is 0 Å². The highest BCUT2D eigenvalue weighted by Crippen LogP contribution is 2.27. The Morgan fingerprint density at radius 3 is 2.68 bits per heavy atom. The third-order valence-electron chi connectivity index (χ3n) is 4.28. The van der Waals surface area contributed by atoms with Crippen molar-refractivity contribution in [1.29, 1.82) is 0 Å². The number of amides is 1. The zero-order valence-electron chi connectivity index (χ0n) is 16.2. The third-order valence-corrected chi connectivity index (χ3v) is 4.28. The van der Waals surface area contributed by atoms with Crippen molar-refractivity contribution >= 4 is 23.0 Å². The predicted octanol–water partition coefficient (Wildman–Crippen LogP) is 3.52. The molecule has 0 aliphatic heterocycles. The molecule has 146 valence electrons. The van der Waals surface area contributed by atoms with E-state index in [4.69, 9.17) is 9.26 Å². The first-order valence-electron chi connectivity index (χ1n) is 9.22. The van der Waals surface area contributed by atoms with Gasteiger partial charge in [0, 0.05) is 12.1 Å². The molecule has 1 aromatic carbocycles. The molecule has 3 rings (SSSR count). The second-order valence-corrected chi connectivity index (χ2v) is 6.98. The van der Waals surface area contributed by atoms with Gasteiger partial charge in [0.1, 0.15) is 0 Å². The number of nitrogens with one attached hydrogen (secondary N) is 1. The molecular formula is C21H23N3O4. The van der Waals surface area contributed by atoms with Gasteiger partial charge in [-0.05, 0) is 25.3 Å². The fourth-order valence-corrected chi connectivity index (χ4v) is 2.77. The molecule has 0 bridgehead atoms. The van der Waals surface area contributed by atoms with Crippen molar-refractivity contribution in [2.75, 3.05) is 13.2 Å². The first kappa shape index (κ1) is 19.5. The summed E-state index contributed by atoms with van der Waals surface area (Å²) >= 11 is 0. The van der Waals surface area contributed by atoms with E-state index < -0.39 is 5.97 Å². The summed E-state index contributed by atoms with van der Waals surface area (Å²) in [4.78, 5) is 29.0. The summed E-state index contributed by atoms with van der Waals surface area (Å²) in [6.45, 7) is 6.09. The van der Waals surface area contributed by atoms with E-state index in [0.29, 0.717) is 29.2 Å². The monoisotopic (exact) mass is 381 g/mol. The van der Waals surface area contributed by atoms with E-state index in [1.54, 1.807) is 13.0 Å². The second-order valence-electron chi connectivity index (χ2n) is 6.98. The van der Waals surface area contributed by atoms with Crippen LogP contribution in [0.3, 0.4) is 0 Å². The van der Waals surface area contributed by atoms with E-state index in [-0.39, 0.29) is 23.8 Å². The van der Waals surface area contributed by atoms with Crippen LogP contribution >= 0.6 is 0 Å². The molecular weight excluding hydrogens is 358 g/mol. The summed E-state index contributed by atoms with van der Waals surface area (Å²) in [6, 6.07) is 11.1. The van der Waals surface area contributed by atoms with Gasteiger partial charge >= 0.3 is 5.97 Å². The zero-order chi connectivity index (χ0) is 20.1. The average molecular weight is 381 g/mol. The number of nitrogens with zero attached hydrogens (tertiary/aromatic N) is 2. The zero-order valence-corrected chi connectivity index (χ0v) is 16.2. The van der Waals surface area contributed by atoms with Gasteiger partial charge < -0.3 is 14.6 Å². The van der Waals surface area contributed by atoms with Gasteiger partial charge in [0.2, 0.25) is 0 Å². The Bertz CT molecular complexity index is 980. The molecule has 0 aliphatic carbocycles. The van der Waals surface area contributed by atoms with Crippen molar-refractivity contribution in [2.45, 2.75) is 27.2 Å².